The van der Waals surface area contributed by atoms with Crippen LogP contribution in [-0.4, -0.2) is 6.54 Å². The standard InChI is InChI=1S/C16H17FN2/c1-11(18)13-6-7-16(14(17)10-13)19-9-8-12-4-2-3-5-15(12)19/h2-7,10-11H,8-9,18H2,1H3. The van der Waals surface area contributed by atoms with Crippen molar-refractivity contribution >= 4 is 11.4 Å². The summed E-state index contributed by atoms with van der Waals surface area (Å²) < 4.78 is 14.3. The summed E-state index contributed by atoms with van der Waals surface area (Å²) in [6.45, 7) is 2.69. The number of nitrogens with two attached hydrogens (primary N) is 1. The van der Waals surface area contributed by atoms with Crippen molar-refractivity contribution in [2.24, 2.45) is 5.73 Å². The van der Waals surface area contributed by atoms with Crippen LogP contribution in [0.5, 0.6) is 0 Å². The van der Waals surface area contributed by atoms with Gasteiger partial charge in [0.05, 0.1) is 5.69 Å². The predicted molar refractivity (Wildman–Crippen MR) is 76.2 cm³/mol. The molecule has 3 rings (SSSR count). The normalized spacial score (nSPS) is 15.4. The highest BCUT2D eigenvalue weighted by Crippen LogP contribution is 2.36. The molecule has 2 aromatic carbocycles. The van der Waals surface area contributed by atoms with Gasteiger partial charge in [0.15, 0.2) is 0 Å². The SMILES string of the molecule is CC(N)c1ccc(N2CCc3ccccc32)c(F)c1. The fourth-order valence-electron chi connectivity index (χ4n) is 2.61. The zero-order valence-corrected chi connectivity index (χ0v) is 10.9. The van der Waals surface area contributed by atoms with Gasteiger partial charge in [0, 0.05) is 18.3 Å². The van der Waals surface area contributed by atoms with E-state index in [1.807, 2.05) is 42.2 Å². The van der Waals surface area contributed by atoms with Crippen LogP contribution in [0.25, 0.3) is 0 Å². The van der Waals surface area contributed by atoms with E-state index < -0.39 is 0 Å². The number of hydrogen-bond donors (Lipinski definition) is 1. The Morgan fingerprint density at radius 3 is 2.68 bits per heavy atom. The highest BCUT2D eigenvalue weighted by Gasteiger charge is 2.22. The minimum absolute atomic E-state index is 0.144. The molecule has 0 spiro atoms. The summed E-state index contributed by atoms with van der Waals surface area (Å²) in [5.41, 5.74) is 9.63. The lowest BCUT2D eigenvalue weighted by molar-refractivity contribution is 0.620. The molecule has 0 bridgehead atoms. The first kappa shape index (κ1) is 12.2. The van der Waals surface area contributed by atoms with Crippen LogP contribution in [0, 0.1) is 5.82 Å². The van der Waals surface area contributed by atoms with E-state index >= 15 is 0 Å². The van der Waals surface area contributed by atoms with Gasteiger partial charge < -0.3 is 10.6 Å². The topological polar surface area (TPSA) is 29.3 Å². The molecule has 19 heavy (non-hydrogen) atoms. The van der Waals surface area contributed by atoms with E-state index in [1.165, 1.54) is 5.56 Å². The Kier molecular flexibility index (Phi) is 2.99. The Bertz CT molecular complexity index is 607. The summed E-state index contributed by atoms with van der Waals surface area (Å²) in [7, 11) is 0. The van der Waals surface area contributed by atoms with E-state index in [4.69, 9.17) is 5.73 Å². The number of hydrogen-bond acceptors (Lipinski definition) is 2. The Morgan fingerprint density at radius 1 is 1.16 bits per heavy atom. The summed E-state index contributed by atoms with van der Waals surface area (Å²) in [4.78, 5) is 2.04. The summed E-state index contributed by atoms with van der Waals surface area (Å²) >= 11 is 0. The Balaban J connectivity index is 2.00. The lowest BCUT2D eigenvalue weighted by Crippen LogP contribution is -2.15. The van der Waals surface area contributed by atoms with E-state index in [9.17, 15) is 4.39 Å². The zero-order chi connectivity index (χ0) is 13.4. The van der Waals surface area contributed by atoms with Gasteiger partial charge in [0.25, 0.3) is 0 Å². The van der Waals surface area contributed by atoms with Gasteiger partial charge in [-0.05, 0) is 42.7 Å². The van der Waals surface area contributed by atoms with Crippen molar-refractivity contribution in [3.8, 4) is 0 Å². The molecule has 2 N–H and O–H groups in total. The van der Waals surface area contributed by atoms with E-state index in [-0.39, 0.29) is 11.9 Å². The molecular weight excluding hydrogens is 239 g/mol. The molecule has 1 atom stereocenters. The second-order valence-corrected chi connectivity index (χ2v) is 5.03. The third-order valence-electron chi connectivity index (χ3n) is 3.68. The average molecular weight is 256 g/mol. The second-order valence-electron chi connectivity index (χ2n) is 5.03. The first-order valence-electron chi connectivity index (χ1n) is 6.57. The monoisotopic (exact) mass is 256 g/mol. The molecular formula is C16H17FN2. The fourth-order valence-corrected chi connectivity index (χ4v) is 2.61. The van der Waals surface area contributed by atoms with Crippen LogP contribution in [0.15, 0.2) is 42.5 Å². The van der Waals surface area contributed by atoms with Gasteiger partial charge in [0.2, 0.25) is 0 Å². The number of para-hydroxylation sites is 1. The lowest BCUT2D eigenvalue weighted by Gasteiger charge is -2.21. The van der Waals surface area contributed by atoms with Gasteiger partial charge in [-0.1, -0.05) is 24.3 Å². The third kappa shape index (κ3) is 2.10. The van der Waals surface area contributed by atoms with E-state index in [1.54, 1.807) is 6.07 Å². The number of rotatable bonds is 2. The first-order chi connectivity index (χ1) is 9.16. The maximum atomic E-state index is 14.3. The molecule has 1 aliphatic heterocycles. The summed E-state index contributed by atoms with van der Waals surface area (Å²) in [5, 5.41) is 0. The molecule has 0 saturated carbocycles. The smallest absolute Gasteiger partial charge is 0.147 e. The highest BCUT2D eigenvalue weighted by atomic mass is 19.1. The molecule has 0 radical (unpaired) electrons. The van der Waals surface area contributed by atoms with Gasteiger partial charge in [0.1, 0.15) is 5.82 Å². The Morgan fingerprint density at radius 2 is 1.95 bits per heavy atom. The summed E-state index contributed by atoms with van der Waals surface area (Å²) in [6, 6.07) is 13.3. The van der Waals surface area contributed by atoms with Gasteiger partial charge in [-0.15, -0.1) is 0 Å². The van der Waals surface area contributed by atoms with Crippen molar-refractivity contribution in [2.45, 2.75) is 19.4 Å². The van der Waals surface area contributed by atoms with Crippen LogP contribution < -0.4 is 10.6 Å². The predicted octanol–water partition coefficient (Wildman–Crippen LogP) is 3.54. The Labute approximate surface area is 112 Å². The molecule has 98 valence electrons. The largest absolute Gasteiger partial charge is 0.339 e. The maximum Gasteiger partial charge on any atom is 0.147 e. The van der Waals surface area contributed by atoms with Crippen molar-refractivity contribution in [3.63, 3.8) is 0 Å². The van der Waals surface area contributed by atoms with E-state index in [0.29, 0.717) is 5.69 Å². The molecule has 0 aromatic heterocycles. The quantitative estimate of drug-likeness (QED) is 0.890. The van der Waals surface area contributed by atoms with Crippen molar-refractivity contribution in [3.05, 3.63) is 59.4 Å². The fraction of sp³-hybridized carbons (Fsp3) is 0.250. The van der Waals surface area contributed by atoms with Crippen LogP contribution in [0.1, 0.15) is 24.1 Å². The minimum atomic E-state index is -0.202. The van der Waals surface area contributed by atoms with Crippen molar-refractivity contribution in [2.75, 3.05) is 11.4 Å². The third-order valence-corrected chi connectivity index (χ3v) is 3.68. The molecule has 1 unspecified atom stereocenters. The van der Waals surface area contributed by atoms with Crippen molar-refractivity contribution < 1.29 is 4.39 Å². The van der Waals surface area contributed by atoms with Gasteiger partial charge in [-0.2, -0.15) is 0 Å². The van der Waals surface area contributed by atoms with E-state index in [0.717, 1.165) is 24.2 Å². The number of halogens is 1. The zero-order valence-electron chi connectivity index (χ0n) is 10.9. The molecule has 2 aromatic rings. The van der Waals surface area contributed by atoms with Crippen molar-refractivity contribution in [1.82, 2.24) is 0 Å². The number of fused-ring (bicyclic) bond motifs is 1. The molecule has 2 nitrogen and oxygen atoms in total. The van der Waals surface area contributed by atoms with Gasteiger partial charge in [-0.3, -0.25) is 0 Å². The molecule has 0 aliphatic carbocycles. The molecule has 0 saturated heterocycles. The Hall–Kier alpha value is -1.87. The lowest BCUT2D eigenvalue weighted by atomic mass is 10.1. The first-order valence-corrected chi connectivity index (χ1v) is 6.57. The van der Waals surface area contributed by atoms with Crippen LogP contribution >= 0.6 is 0 Å². The molecule has 0 amide bonds. The van der Waals surface area contributed by atoms with Crippen LogP contribution in [0.4, 0.5) is 15.8 Å². The number of nitrogens with zero attached hydrogens (tertiary/aromatic N) is 1. The molecule has 0 fully saturated rings. The van der Waals surface area contributed by atoms with Crippen LogP contribution in [0.2, 0.25) is 0 Å². The molecule has 1 heterocycles. The molecule has 1 aliphatic rings. The van der Waals surface area contributed by atoms with Gasteiger partial charge in [-0.25, -0.2) is 4.39 Å². The second kappa shape index (κ2) is 4.67. The minimum Gasteiger partial charge on any atom is -0.339 e. The summed E-state index contributed by atoms with van der Waals surface area (Å²) in [6.07, 6.45) is 0.963. The van der Waals surface area contributed by atoms with Crippen LogP contribution in [-0.2, 0) is 6.42 Å². The van der Waals surface area contributed by atoms with Crippen LogP contribution in [0.3, 0.4) is 0 Å². The maximum absolute atomic E-state index is 14.3. The average Bonchev–Trinajstić information content (AvgIpc) is 2.82. The highest BCUT2D eigenvalue weighted by molar-refractivity contribution is 5.70. The number of anilines is 2. The van der Waals surface area contributed by atoms with Gasteiger partial charge >= 0.3 is 0 Å². The number of benzene rings is 2. The summed E-state index contributed by atoms with van der Waals surface area (Å²) in [5.74, 6) is -0.202. The molecule has 3 heteroatoms. The van der Waals surface area contributed by atoms with Crippen molar-refractivity contribution in [1.29, 1.82) is 0 Å². The van der Waals surface area contributed by atoms with E-state index in [2.05, 4.69) is 6.07 Å².